The van der Waals surface area contributed by atoms with Crippen LogP contribution in [0.2, 0.25) is 0 Å². The molecular formula is C15H20BrN3. The average molecular weight is 322 g/mol. The zero-order valence-electron chi connectivity index (χ0n) is 11.8. The molecule has 0 fully saturated rings. The molecule has 0 saturated carbocycles. The van der Waals surface area contributed by atoms with Gasteiger partial charge in [-0.05, 0) is 46.8 Å². The van der Waals surface area contributed by atoms with Gasteiger partial charge in [0.05, 0.1) is 16.2 Å². The monoisotopic (exact) mass is 321 g/mol. The molecule has 1 atom stereocenters. The van der Waals surface area contributed by atoms with Crippen molar-refractivity contribution in [2.75, 3.05) is 5.73 Å². The molecule has 0 radical (unpaired) electrons. The Balaban J connectivity index is 2.33. The van der Waals surface area contributed by atoms with Crippen molar-refractivity contribution >= 4 is 21.7 Å². The normalized spacial score (nSPS) is 12.9. The predicted molar refractivity (Wildman–Crippen MR) is 83.4 cm³/mol. The van der Waals surface area contributed by atoms with Gasteiger partial charge >= 0.3 is 0 Å². The number of hydrogen-bond donors (Lipinski definition) is 1. The van der Waals surface area contributed by atoms with Crippen LogP contribution in [0.3, 0.4) is 0 Å². The maximum atomic E-state index is 6.07. The highest BCUT2D eigenvalue weighted by Crippen LogP contribution is 2.29. The van der Waals surface area contributed by atoms with Gasteiger partial charge in [0.2, 0.25) is 0 Å². The minimum Gasteiger partial charge on any atom is -0.383 e. The largest absolute Gasteiger partial charge is 0.383 e. The van der Waals surface area contributed by atoms with Crippen molar-refractivity contribution in [2.24, 2.45) is 0 Å². The molecule has 0 bridgehead atoms. The number of aryl methyl sites for hydroxylation is 1. The number of nitrogens with two attached hydrogens (primary N) is 1. The first-order valence-electron chi connectivity index (χ1n) is 6.51. The van der Waals surface area contributed by atoms with Crippen molar-refractivity contribution in [3.8, 4) is 0 Å². The Morgan fingerprint density at radius 3 is 2.05 bits per heavy atom. The molecule has 1 heterocycles. The Kier molecular flexibility index (Phi) is 3.99. The van der Waals surface area contributed by atoms with Gasteiger partial charge in [-0.15, -0.1) is 0 Å². The van der Waals surface area contributed by atoms with Gasteiger partial charge in [-0.1, -0.05) is 38.1 Å². The fourth-order valence-electron chi connectivity index (χ4n) is 2.14. The van der Waals surface area contributed by atoms with E-state index in [-0.39, 0.29) is 6.04 Å². The van der Waals surface area contributed by atoms with E-state index in [2.05, 4.69) is 66.1 Å². The molecule has 19 heavy (non-hydrogen) atoms. The van der Waals surface area contributed by atoms with Crippen molar-refractivity contribution in [1.82, 2.24) is 9.78 Å². The van der Waals surface area contributed by atoms with Gasteiger partial charge in [0.15, 0.2) is 0 Å². The standard InChI is InChI=1S/C15H20BrN3/c1-9(2)12-5-7-13(8-6-12)11(4)19-15(17)14(16)10(3)18-19/h5-9,11H,17H2,1-4H3. The molecule has 0 spiro atoms. The summed E-state index contributed by atoms with van der Waals surface area (Å²) in [5.41, 5.74) is 9.56. The van der Waals surface area contributed by atoms with E-state index >= 15 is 0 Å². The van der Waals surface area contributed by atoms with Gasteiger partial charge in [-0.25, -0.2) is 4.68 Å². The van der Waals surface area contributed by atoms with Crippen molar-refractivity contribution in [3.63, 3.8) is 0 Å². The molecular weight excluding hydrogens is 302 g/mol. The molecule has 2 rings (SSSR count). The minimum absolute atomic E-state index is 0.131. The predicted octanol–water partition coefficient (Wildman–Crippen LogP) is 4.27. The molecule has 0 saturated heterocycles. The summed E-state index contributed by atoms with van der Waals surface area (Å²) in [5.74, 6) is 1.23. The summed E-state index contributed by atoms with van der Waals surface area (Å²) in [5, 5.41) is 4.49. The van der Waals surface area contributed by atoms with Crippen LogP contribution in [0.5, 0.6) is 0 Å². The molecule has 0 aliphatic rings. The summed E-state index contributed by atoms with van der Waals surface area (Å²) in [6.07, 6.45) is 0. The summed E-state index contributed by atoms with van der Waals surface area (Å²) < 4.78 is 2.75. The van der Waals surface area contributed by atoms with E-state index in [0.717, 1.165) is 10.2 Å². The third-order valence-corrected chi connectivity index (χ3v) is 4.48. The molecule has 3 nitrogen and oxygen atoms in total. The molecule has 2 aromatic rings. The number of aromatic nitrogens is 2. The molecule has 0 amide bonds. The number of nitrogen functional groups attached to an aromatic ring is 1. The molecule has 0 aliphatic carbocycles. The van der Waals surface area contributed by atoms with E-state index in [4.69, 9.17) is 5.73 Å². The minimum atomic E-state index is 0.131. The highest BCUT2D eigenvalue weighted by atomic mass is 79.9. The fraction of sp³-hybridized carbons (Fsp3) is 0.400. The third-order valence-electron chi connectivity index (χ3n) is 3.50. The molecule has 4 heteroatoms. The third kappa shape index (κ3) is 2.68. The molecule has 1 unspecified atom stereocenters. The highest BCUT2D eigenvalue weighted by Gasteiger charge is 2.16. The van der Waals surface area contributed by atoms with Gasteiger partial charge in [-0.2, -0.15) is 5.10 Å². The number of anilines is 1. The van der Waals surface area contributed by atoms with Gasteiger partial charge in [0, 0.05) is 0 Å². The van der Waals surface area contributed by atoms with E-state index in [9.17, 15) is 0 Å². The van der Waals surface area contributed by atoms with Crippen molar-refractivity contribution in [1.29, 1.82) is 0 Å². The van der Waals surface area contributed by atoms with Crippen LogP contribution >= 0.6 is 15.9 Å². The second kappa shape index (κ2) is 5.37. The second-order valence-corrected chi connectivity index (χ2v) is 6.02. The summed E-state index contributed by atoms with van der Waals surface area (Å²) in [7, 11) is 0. The number of hydrogen-bond acceptors (Lipinski definition) is 2. The van der Waals surface area contributed by atoms with Crippen LogP contribution in [0.4, 0.5) is 5.82 Å². The zero-order valence-corrected chi connectivity index (χ0v) is 13.4. The fourth-order valence-corrected chi connectivity index (χ4v) is 2.40. The Morgan fingerprint density at radius 2 is 1.63 bits per heavy atom. The highest BCUT2D eigenvalue weighted by molar-refractivity contribution is 9.10. The molecule has 2 N–H and O–H groups in total. The SMILES string of the molecule is Cc1nn(C(C)c2ccc(C(C)C)cc2)c(N)c1Br. The van der Waals surface area contributed by atoms with Crippen molar-refractivity contribution in [2.45, 2.75) is 39.7 Å². The number of benzene rings is 1. The Bertz CT molecular complexity index is 570. The second-order valence-electron chi connectivity index (χ2n) is 5.23. The smallest absolute Gasteiger partial charge is 0.137 e. The Labute approximate surface area is 122 Å². The Hall–Kier alpha value is -1.29. The van der Waals surface area contributed by atoms with E-state index in [1.807, 2.05) is 11.6 Å². The average Bonchev–Trinajstić information content (AvgIpc) is 2.66. The lowest BCUT2D eigenvalue weighted by Crippen LogP contribution is -2.11. The van der Waals surface area contributed by atoms with Crippen molar-refractivity contribution in [3.05, 3.63) is 45.6 Å². The first kappa shape index (κ1) is 14.1. The van der Waals surface area contributed by atoms with E-state index in [0.29, 0.717) is 11.7 Å². The quantitative estimate of drug-likeness (QED) is 0.917. The summed E-state index contributed by atoms with van der Waals surface area (Å²) >= 11 is 3.46. The maximum Gasteiger partial charge on any atom is 0.137 e. The first-order valence-corrected chi connectivity index (χ1v) is 7.31. The van der Waals surface area contributed by atoms with Crippen LogP contribution in [0.1, 0.15) is 49.6 Å². The van der Waals surface area contributed by atoms with Crippen LogP contribution in [0.15, 0.2) is 28.7 Å². The van der Waals surface area contributed by atoms with Crippen LogP contribution in [-0.4, -0.2) is 9.78 Å². The van der Waals surface area contributed by atoms with Gasteiger partial charge in [0.25, 0.3) is 0 Å². The topological polar surface area (TPSA) is 43.8 Å². The maximum absolute atomic E-state index is 6.07. The van der Waals surface area contributed by atoms with E-state index in [1.54, 1.807) is 0 Å². The molecule has 0 aliphatic heterocycles. The Morgan fingerprint density at radius 1 is 1.11 bits per heavy atom. The summed E-state index contributed by atoms with van der Waals surface area (Å²) in [6, 6.07) is 8.80. The zero-order chi connectivity index (χ0) is 14.2. The molecule has 1 aromatic heterocycles. The van der Waals surface area contributed by atoms with Crippen LogP contribution in [0, 0.1) is 6.92 Å². The lowest BCUT2D eigenvalue weighted by molar-refractivity contribution is 0.568. The molecule has 1 aromatic carbocycles. The van der Waals surface area contributed by atoms with E-state index in [1.165, 1.54) is 11.1 Å². The van der Waals surface area contributed by atoms with Crippen LogP contribution in [-0.2, 0) is 0 Å². The molecule has 102 valence electrons. The van der Waals surface area contributed by atoms with Crippen LogP contribution in [0.25, 0.3) is 0 Å². The van der Waals surface area contributed by atoms with Gasteiger partial charge < -0.3 is 5.73 Å². The summed E-state index contributed by atoms with van der Waals surface area (Å²) in [6.45, 7) is 8.46. The van der Waals surface area contributed by atoms with Gasteiger partial charge in [0.1, 0.15) is 5.82 Å². The first-order chi connectivity index (χ1) is 8.91. The lowest BCUT2D eigenvalue weighted by Gasteiger charge is -2.15. The number of nitrogens with zero attached hydrogens (tertiary/aromatic N) is 2. The number of rotatable bonds is 3. The van der Waals surface area contributed by atoms with E-state index < -0.39 is 0 Å². The van der Waals surface area contributed by atoms with Crippen LogP contribution < -0.4 is 5.73 Å². The number of halogens is 1. The van der Waals surface area contributed by atoms with Crippen molar-refractivity contribution < 1.29 is 0 Å². The lowest BCUT2D eigenvalue weighted by atomic mass is 10.00. The summed E-state index contributed by atoms with van der Waals surface area (Å²) in [4.78, 5) is 0. The van der Waals surface area contributed by atoms with Gasteiger partial charge in [-0.3, -0.25) is 0 Å².